The summed E-state index contributed by atoms with van der Waals surface area (Å²) in [5, 5.41) is 21.0. The highest BCUT2D eigenvalue weighted by atomic mass is 16.5. The van der Waals surface area contributed by atoms with Crippen molar-refractivity contribution < 1.29 is 24.2 Å². The Kier molecular flexibility index (Phi) is 4.47. The first-order valence-electron chi connectivity index (χ1n) is 5.18. The molecular formula is C10H16N2O5. The summed E-state index contributed by atoms with van der Waals surface area (Å²) in [6.45, 7) is 3.05. The molecule has 3 N–H and O–H groups in total. The van der Waals surface area contributed by atoms with Gasteiger partial charge in [0.1, 0.15) is 11.9 Å². The zero-order valence-electron chi connectivity index (χ0n) is 9.77. The minimum Gasteiger partial charge on any atom is -0.461 e. The molecule has 0 spiro atoms. The number of hydrogen-bond acceptors (Lipinski definition) is 7. The molecule has 17 heavy (non-hydrogen) atoms. The van der Waals surface area contributed by atoms with Gasteiger partial charge in [0, 0.05) is 6.54 Å². The van der Waals surface area contributed by atoms with Crippen molar-refractivity contribution in [2.75, 3.05) is 25.1 Å². The normalized spacial score (nSPS) is 14.1. The molecule has 0 fully saturated rings. The number of hydrogen-bond donors (Lipinski definition) is 3. The fourth-order valence-electron chi connectivity index (χ4n) is 0.976. The number of esters is 1. The molecule has 1 rings (SSSR count). The molecule has 0 aliphatic carbocycles. The summed E-state index contributed by atoms with van der Waals surface area (Å²) in [5.74, 6) is -0.571. The van der Waals surface area contributed by atoms with E-state index in [1.54, 1.807) is 6.92 Å². The molecule has 1 heterocycles. The molecule has 7 nitrogen and oxygen atoms in total. The predicted molar refractivity (Wildman–Crippen MR) is 58.7 cm³/mol. The number of ether oxygens (including phenoxy) is 1. The number of aliphatic hydroxyl groups excluding tert-OH is 1. The van der Waals surface area contributed by atoms with Gasteiger partial charge < -0.3 is 24.7 Å². The quantitative estimate of drug-likeness (QED) is 0.605. The average molecular weight is 244 g/mol. The van der Waals surface area contributed by atoms with Crippen LogP contribution in [-0.2, 0) is 4.74 Å². The first kappa shape index (κ1) is 13.5. The number of anilines is 1. The van der Waals surface area contributed by atoms with Crippen LogP contribution in [-0.4, -0.2) is 46.5 Å². The second-order valence-electron chi connectivity index (χ2n) is 3.77. The monoisotopic (exact) mass is 244 g/mol. The molecule has 0 amide bonds. The third-order valence-corrected chi connectivity index (χ3v) is 1.95. The molecule has 1 aromatic rings. The topological polar surface area (TPSA) is 105 Å². The van der Waals surface area contributed by atoms with E-state index in [-0.39, 0.29) is 24.9 Å². The van der Waals surface area contributed by atoms with Crippen LogP contribution in [0.15, 0.2) is 10.7 Å². The molecular weight excluding hydrogens is 228 g/mol. The van der Waals surface area contributed by atoms with Crippen LogP contribution < -0.4 is 5.32 Å². The third-order valence-electron chi connectivity index (χ3n) is 1.95. The summed E-state index contributed by atoms with van der Waals surface area (Å²) >= 11 is 0. The summed E-state index contributed by atoms with van der Waals surface area (Å²) in [6, 6.07) is 0.0850. The van der Waals surface area contributed by atoms with Crippen LogP contribution in [0, 0.1) is 0 Å². The Morgan fingerprint density at radius 1 is 1.71 bits per heavy atom. The van der Waals surface area contributed by atoms with Gasteiger partial charge in [-0.3, -0.25) is 0 Å². The van der Waals surface area contributed by atoms with Gasteiger partial charge in [-0.1, -0.05) is 0 Å². The molecule has 1 unspecified atom stereocenters. The average Bonchev–Trinajstić information content (AvgIpc) is 2.76. The number of carbonyl (C=O) groups is 1. The van der Waals surface area contributed by atoms with Crippen molar-refractivity contribution in [1.29, 1.82) is 0 Å². The molecule has 0 aliphatic rings. The Hall–Kier alpha value is -1.60. The summed E-state index contributed by atoms with van der Waals surface area (Å²) in [4.78, 5) is 15.1. The van der Waals surface area contributed by atoms with E-state index in [2.05, 4.69) is 10.3 Å². The van der Waals surface area contributed by atoms with Crippen LogP contribution in [0.2, 0.25) is 0 Å². The Labute approximate surface area is 98.4 Å². The minimum atomic E-state index is -1.28. The first-order valence-corrected chi connectivity index (χ1v) is 5.18. The lowest BCUT2D eigenvalue weighted by Crippen LogP contribution is -2.37. The smallest absolute Gasteiger partial charge is 0.360 e. The van der Waals surface area contributed by atoms with Crippen molar-refractivity contribution in [2.45, 2.75) is 19.4 Å². The van der Waals surface area contributed by atoms with Crippen LogP contribution in [0.25, 0.3) is 0 Å². The highest BCUT2D eigenvalue weighted by Crippen LogP contribution is 2.10. The van der Waals surface area contributed by atoms with E-state index in [1.807, 2.05) is 0 Å². The Morgan fingerprint density at radius 2 is 2.41 bits per heavy atom. The lowest BCUT2D eigenvalue weighted by molar-refractivity contribution is 0.0128. The lowest BCUT2D eigenvalue weighted by atomic mass is 10.1. The molecule has 0 aliphatic heterocycles. The molecule has 1 atom stereocenters. The molecule has 7 heteroatoms. The largest absolute Gasteiger partial charge is 0.461 e. The first-order chi connectivity index (χ1) is 7.98. The fourth-order valence-corrected chi connectivity index (χ4v) is 0.976. The van der Waals surface area contributed by atoms with E-state index in [9.17, 15) is 9.90 Å². The number of nitrogens with zero attached hydrogens (tertiary/aromatic N) is 1. The predicted octanol–water partition coefficient (Wildman–Crippen LogP) is 0.00650. The van der Waals surface area contributed by atoms with E-state index >= 15 is 0 Å². The van der Waals surface area contributed by atoms with Gasteiger partial charge in [0.25, 0.3) is 6.01 Å². The highest BCUT2D eigenvalue weighted by molar-refractivity contribution is 5.87. The van der Waals surface area contributed by atoms with Crippen molar-refractivity contribution in [2.24, 2.45) is 0 Å². The molecule has 0 aromatic carbocycles. The van der Waals surface area contributed by atoms with Gasteiger partial charge in [0.15, 0.2) is 5.69 Å². The van der Waals surface area contributed by atoms with E-state index in [1.165, 1.54) is 6.92 Å². The second kappa shape index (κ2) is 5.65. The number of aliphatic hydroxyl groups is 2. The molecule has 0 bridgehead atoms. The van der Waals surface area contributed by atoms with Gasteiger partial charge in [0.2, 0.25) is 0 Å². The summed E-state index contributed by atoms with van der Waals surface area (Å²) in [5.41, 5.74) is -1.23. The summed E-state index contributed by atoms with van der Waals surface area (Å²) < 4.78 is 9.69. The fraction of sp³-hybridized carbons (Fsp3) is 0.600. The number of carbonyl (C=O) groups excluding carboxylic acids is 1. The van der Waals surface area contributed by atoms with Gasteiger partial charge >= 0.3 is 5.97 Å². The van der Waals surface area contributed by atoms with Crippen molar-refractivity contribution >= 4 is 12.0 Å². The SMILES string of the molecule is CCOC(=O)c1coc(NCC(C)(O)CO)n1. The van der Waals surface area contributed by atoms with E-state index in [0.29, 0.717) is 0 Å². The maximum atomic E-state index is 11.3. The second-order valence-corrected chi connectivity index (χ2v) is 3.77. The standard InChI is InChI=1S/C10H16N2O5/c1-3-16-8(14)7-4-17-9(12-7)11-5-10(2,15)6-13/h4,13,15H,3,5-6H2,1-2H3,(H,11,12). The molecule has 96 valence electrons. The van der Waals surface area contributed by atoms with E-state index in [0.717, 1.165) is 6.26 Å². The zero-order chi connectivity index (χ0) is 12.9. The van der Waals surface area contributed by atoms with E-state index in [4.69, 9.17) is 14.3 Å². The maximum Gasteiger partial charge on any atom is 0.360 e. The Morgan fingerprint density at radius 3 is 3.00 bits per heavy atom. The minimum absolute atomic E-state index is 0.0479. The molecule has 0 radical (unpaired) electrons. The lowest BCUT2D eigenvalue weighted by Gasteiger charge is -2.19. The molecule has 0 saturated carbocycles. The van der Waals surface area contributed by atoms with Gasteiger partial charge in [-0.25, -0.2) is 4.79 Å². The van der Waals surface area contributed by atoms with Gasteiger partial charge in [-0.2, -0.15) is 4.98 Å². The van der Waals surface area contributed by atoms with Gasteiger partial charge in [-0.15, -0.1) is 0 Å². The number of rotatable bonds is 6. The number of aromatic nitrogens is 1. The zero-order valence-corrected chi connectivity index (χ0v) is 9.77. The van der Waals surface area contributed by atoms with Crippen LogP contribution in [0.5, 0.6) is 0 Å². The van der Waals surface area contributed by atoms with Crippen molar-refractivity contribution in [3.8, 4) is 0 Å². The van der Waals surface area contributed by atoms with Crippen LogP contribution in [0.4, 0.5) is 6.01 Å². The Bertz CT molecular complexity index is 375. The number of oxazole rings is 1. The van der Waals surface area contributed by atoms with Crippen LogP contribution in [0.3, 0.4) is 0 Å². The van der Waals surface area contributed by atoms with Crippen LogP contribution >= 0.6 is 0 Å². The van der Waals surface area contributed by atoms with Crippen molar-refractivity contribution in [3.05, 3.63) is 12.0 Å². The molecule has 1 aromatic heterocycles. The van der Waals surface area contributed by atoms with E-state index < -0.39 is 18.2 Å². The van der Waals surface area contributed by atoms with Gasteiger partial charge in [0.05, 0.1) is 13.2 Å². The molecule has 0 saturated heterocycles. The highest BCUT2D eigenvalue weighted by Gasteiger charge is 2.20. The van der Waals surface area contributed by atoms with Gasteiger partial charge in [-0.05, 0) is 13.8 Å². The third kappa shape index (κ3) is 4.04. The Balaban J connectivity index is 2.54. The maximum absolute atomic E-state index is 11.3. The number of nitrogens with one attached hydrogen (secondary N) is 1. The summed E-state index contributed by atoms with van der Waals surface area (Å²) in [7, 11) is 0. The van der Waals surface area contributed by atoms with Crippen molar-refractivity contribution in [1.82, 2.24) is 4.98 Å². The van der Waals surface area contributed by atoms with Crippen LogP contribution in [0.1, 0.15) is 24.3 Å². The van der Waals surface area contributed by atoms with Crippen molar-refractivity contribution in [3.63, 3.8) is 0 Å². The summed E-state index contributed by atoms with van der Waals surface area (Å²) in [6.07, 6.45) is 1.16.